The van der Waals surface area contributed by atoms with E-state index in [2.05, 4.69) is 37.8 Å². The zero-order valence-electron chi connectivity index (χ0n) is 16.1. The molecule has 0 heterocycles. The first-order valence-corrected chi connectivity index (χ1v) is 10.0. The van der Waals surface area contributed by atoms with Crippen molar-refractivity contribution in [2.24, 2.45) is 5.16 Å². The molecule has 0 spiro atoms. The minimum absolute atomic E-state index is 0.563. The Kier molecular flexibility index (Phi) is 11.4. The van der Waals surface area contributed by atoms with Crippen LogP contribution in [0.15, 0.2) is 5.16 Å². The van der Waals surface area contributed by atoms with Crippen molar-refractivity contribution in [2.45, 2.75) is 110 Å². The molecule has 1 fully saturated rings. The smallest absolute Gasteiger partial charge is 0.129 e. The molecule has 0 aromatic heterocycles. The topological polar surface area (TPSA) is 24.8 Å². The van der Waals surface area contributed by atoms with E-state index in [1.54, 1.807) is 0 Å². The van der Waals surface area contributed by atoms with Crippen LogP contribution in [0, 0.1) is 0 Å². The highest BCUT2D eigenvalue weighted by molar-refractivity contribution is 5.83. The molecule has 0 aromatic rings. The van der Waals surface area contributed by atoms with Crippen LogP contribution in [0.25, 0.3) is 0 Å². The Balaban J connectivity index is 2.35. The van der Waals surface area contributed by atoms with Gasteiger partial charge in [-0.25, -0.2) is 0 Å². The van der Waals surface area contributed by atoms with Crippen LogP contribution >= 0.6 is 0 Å². The summed E-state index contributed by atoms with van der Waals surface area (Å²) in [5.41, 5.74) is 1.30. The first-order valence-electron chi connectivity index (χ1n) is 10.0. The second-order valence-electron chi connectivity index (χ2n) is 7.60. The van der Waals surface area contributed by atoms with Gasteiger partial charge in [-0.05, 0) is 53.4 Å². The molecule has 0 unspecified atom stereocenters. The van der Waals surface area contributed by atoms with E-state index in [1.165, 1.54) is 63.5 Å². The van der Waals surface area contributed by atoms with Crippen molar-refractivity contribution in [1.82, 2.24) is 4.90 Å². The van der Waals surface area contributed by atoms with E-state index in [0.29, 0.717) is 18.7 Å². The van der Waals surface area contributed by atoms with Gasteiger partial charge >= 0.3 is 0 Å². The SMILES string of the molecule is CC(C)N(CCON=C1CCCCCCCCCCC1)C(C)C. The van der Waals surface area contributed by atoms with Crippen LogP contribution in [0.1, 0.15) is 98.3 Å². The normalized spacial score (nSPS) is 18.8. The Morgan fingerprint density at radius 3 is 1.65 bits per heavy atom. The summed E-state index contributed by atoms with van der Waals surface area (Å²) in [4.78, 5) is 8.13. The highest BCUT2D eigenvalue weighted by Crippen LogP contribution is 2.15. The highest BCUT2D eigenvalue weighted by Gasteiger charge is 2.12. The van der Waals surface area contributed by atoms with E-state index >= 15 is 0 Å². The fraction of sp³-hybridized carbons (Fsp3) is 0.950. The van der Waals surface area contributed by atoms with E-state index < -0.39 is 0 Å². The summed E-state index contributed by atoms with van der Waals surface area (Å²) in [5.74, 6) is 0. The van der Waals surface area contributed by atoms with Crippen molar-refractivity contribution in [3.63, 3.8) is 0 Å². The first-order chi connectivity index (χ1) is 11.1. The van der Waals surface area contributed by atoms with E-state index in [0.717, 1.165) is 19.4 Å². The molecule has 1 aliphatic carbocycles. The van der Waals surface area contributed by atoms with Gasteiger partial charge in [0.15, 0.2) is 0 Å². The summed E-state index contributed by atoms with van der Waals surface area (Å²) in [6.45, 7) is 10.7. The Morgan fingerprint density at radius 2 is 1.22 bits per heavy atom. The molecular weight excluding hydrogens is 284 g/mol. The van der Waals surface area contributed by atoms with Crippen molar-refractivity contribution in [3.8, 4) is 0 Å². The van der Waals surface area contributed by atoms with Crippen LogP contribution < -0.4 is 0 Å². The molecule has 0 atom stereocenters. The average Bonchev–Trinajstić information content (AvgIpc) is 2.48. The molecule has 3 heteroatoms. The fourth-order valence-corrected chi connectivity index (χ4v) is 3.51. The van der Waals surface area contributed by atoms with Crippen molar-refractivity contribution in [1.29, 1.82) is 0 Å². The van der Waals surface area contributed by atoms with Gasteiger partial charge in [-0.3, -0.25) is 4.90 Å². The van der Waals surface area contributed by atoms with Gasteiger partial charge in [0.05, 0.1) is 5.71 Å². The third-order valence-electron chi connectivity index (χ3n) is 4.89. The van der Waals surface area contributed by atoms with E-state index in [-0.39, 0.29) is 0 Å². The van der Waals surface area contributed by atoms with Gasteiger partial charge in [-0.2, -0.15) is 0 Å². The van der Waals surface area contributed by atoms with Gasteiger partial charge in [0.25, 0.3) is 0 Å². The Bertz CT molecular complexity index is 291. The third kappa shape index (κ3) is 10.0. The monoisotopic (exact) mass is 324 g/mol. The van der Waals surface area contributed by atoms with Crippen molar-refractivity contribution in [2.75, 3.05) is 13.2 Å². The van der Waals surface area contributed by atoms with Gasteiger partial charge in [-0.15, -0.1) is 0 Å². The van der Waals surface area contributed by atoms with Crippen LogP contribution in [0.3, 0.4) is 0 Å². The lowest BCUT2D eigenvalue weighted by Gasteiger charge is -2.29. The largest absolute Gasteiger partial charge is 0.394 e. The van der Waals surface area contributed by atoms with Crippen molar-refractivity contribution in [3.05, 3.63) is 0 Å². The molecule has 1 rings (SSSR count). The average molecular weight is 325 g/mol. The summed E-state index contributed by atoms with van der Waals surface area (Å²) in [7, 11) is 0. The molecule has 0 aromatic carbocycles. The lowest BCUT2D eigenvalue weighted by atomic mass is 10.00. The number of hydrogen-bond donors (Lipinski definition) is 0. The standard InChI is InChI=1S/C20H40N2O/c1-18(2)22(19(3)4)16-17-23-21-20-14-12-10-8-6-5-7-9-11-13-15-20/h18-19H,5-17H2,1-4H3. The third-order valence-corrected chi connectivity index (χ3v) is 4.89. The maximum absolute atomic E-state index is 5.67. The first kappa shape index (κ1) is 20.5. The molecule has 1 aliphatic rings. The van der Waals surface area contributed by atoms with E-state index in [4.69, 9.17) is 4.84 Å². The van der Waals surface area contributed by atoms with Gasteiger partial charge in [0.1, 0.15) is 6.61 Å². The molecule has 0 aliphatic heterocycles. The van der Waals surface area contributed by atoms with Crippen molar-refractivity contribution >= 4 is 5.71 Å². The zero-order chi connectivity index (χ0) is 16.9. The Morgan fingerprint density at radius 1 is 0.783 bits per heavy atom. The van der Waals surface area contributed by atoms with E-state index in [9.17, 15) is 0 Å². The molecule has 0 saturated heterocycles. The lowest BCUT2D eigenvalue weighted by molar-refractivity contribution is 0.0821. The molecule has 0 radical (unpaired) electrons. The summed E-state index contributed by atoms with van der Waals surface area (Å²) >= 11 is 0. The number of hydrogen-bond acceptors (Lipinski definition) is 3. The quantitative estimate of drug-likeness (QED) is 0.457. The zero-order valence-corrected chi connectivity index (χ0v) is 16.1. The lowest BCUT2D eigenvalue weighted by Crippen LogP contribution is -2.39. The van der Waals surface area contributed by atoms with Crippen LogP contribution in [-0.2, 0) is 4.84 Å². The fourth-order valence-electron chi connectivity index (χ4n) is 3.51. The molecular formula is C20H40N2O. The van der Waals surface area contributed by atoms with Crippen LogP contribution in [0.2, 0.25) is 0 Å². The van der Waals surface area contributed by atoms with Gasteiger partial charge in [0, 0.05) is 18.6 Å². The molecule has 3 nitrogen and oxygen atoms in total. The van der Waals surface area contributed by atoms with Gasteiger partial charge in [-0.1, -0.05) is 50.1 Å². The predicted molar refractivity (Wildman–Crippen MR) is 101 cm³/mol. The number of rotatable bonds is 6. The van der Waals surface area contributed by atoms with Crippen LogP contribution in [-0.4, -0.2) is 35.8 Å². The molecule has 1 saturated carbocycles. The summed E-state index contributed by atoms with van der Waals surface area (Å²) in [5, 5.41) is 4.49. The molecule has 0 N–H and O–H groups in total. The highest BCUT2D eigenvalue weighted by atomic mass is 16.6. The predicted octanol–water partition coefficient (Wildman–Crippen LogP) is 5.78. The molecule has 0 bridgehead atoms. The maximum Gasteiger partial charge on any atom is 0.129 e. The second kappa shape index (κ2) is 12.8. The summed E-state index contributed by atoms with van der Waals surface area (Å²) in [6, 6.07) is 1.13. The summed E-state index contributed by atoms with van der Waals surface area (Å²) in [6.07, 6.45) is 14.6. The van der Waals surface area contributed by atoms with Gasteiger partial charge < -0.3 is 4.84 Å². The maximum atomic E-state index is 5.67. The molecule has 0 amide bonds. The summed E-state index contributed by atoms with van der Waals surface area (Å²) < 4.78 is 0. The number of oxime groups is 1. The minimum Gasteiger partial charge on any atom is -0.394 e. The van der Waals surface area contributed by atoms with Gasteiger partial charge in [0.2, 0.25) is 0 Å². The Hall–Kier alpha value is -0.570. The Labute approximate surface area is 144 Å². The second-order valence-corrected chi connectivity index (χ2v) is 7.60. The molecule has 136 valence electrons. The minimum atomic E-state index is 0.563. The van der Waals surface area contributed by atoms with Crippen molar-refractivity contribution < 1.29 is 4.84 Å². The number of nitrogens with zero attached hydrogens (tertiary/aromatic N) is 2. The van der Waals surface area contributed by atoms with E-state index in [1.807, 2.05) is 0 Å². The van der Waals surface area contributed by atoms with Crippen LogP contribution in [0.5, 0.6) is 0 Å². The molecule has 23 heavy (non-hydrogen) atoms. The van der Waals surface area contributed by atoms with Crippen LogP contribution in [0.4, 0.5) is 0 Å².